The van der Waals surface area contributed by atoms with E-state index in [1.807, 2.05) is 13.8 Å². The SMILES string of the molecule is CNC1C(n2nc(C)nc2C)CCCC1(C)C. The second-order valence-corrected chi connectivity index (χ2v) is 5.87. The van der Waals surface area contributed by atoms with Gasteiger partial charge in [-0.15, -0.1) is 0 Å². The number of likely N-dealkylation sites (N-methyl/N-ethyl adjacent to an activating group) is 1. The first-order valence-corrected chi connectivity index (χ1v) is 6.53. The minimum Gasteiger partial charge on any atom is -0.314 e. The highest BCUT2D eigenvalue weighted by Gasteiger charge is 2.39. The number of nitrogens with one attached hydrogen (secondary N) is 1. The summed E-state index contributed by atoms with van der Waals surface area (Å²) in [7, 11) is 2.06. The van der Waals surface area contributed by atoms with E-state index in [4.69, 9.17) is 0 Å². The number of hydrogen-bond acceptors (Lipinski definition) is 3. The summed E-state index contributed by atoms with van der Waals surface area (Å²) < 4.78 is 2.12. The van der Waals surface area contributed by atoms with Crippen molar-refractivity contribution in [3.05, 3.63) is 11.6 Å². The molecule has 0 saturated heterocycles. The van der Waals surface area contributed by atoms with Gasteiger partial charge in [0.2, 0.25) is 0 Å². The Balaban J connectivity index is 2.33. The maximum atomic E-state index is 4.56. The van der Waals surface area contributed by atoms with Gasteiger partial charge in [0, 0.05) is 6.04 Å². The maximum Gasteiger partial charge on any atom is 0.147 e. The number of rotatable bonds is 2. The average molecular weight is 236 g/mol. The molecule has 4 nitrogen and oxygen atoms in total. The van der Waals surface area contributed by atoms with Crippen molar-refractivity contribution < 1.29 is 0 Å². The summed E-state index contributed by atoms with van der Waals surface area (Å²) in [6, 6.07) is 0.904. The van der Waals surface area contributed by atoms with Gasteiger partial charge >= 0.3 is 0 Å². The third-order valence-corrected chi connectivity index (χ3v) is 4.08. The molecular weight excluding hydrogens is 212 g/mol. The first kappa shape index (κ1) is 12.6. The van der Waals surface area contributed by atoms with Gasteiger partial charge in [0.1, 0.15) is 11.6 Å². The van der Waals surface area contributed by atoms with E-state index in [0.717, 1.165) is 11.6 Å². The molecule has 1 aliphatic carbocycles. The second kappa shape index (κ2) is 4.41. The Bertz CT molecular complexity index is 394. The van der Waals surface area contributed by atoms with Crippen LogP contribution in [0.1, 0.15) is 50.8 Å². The van der Waals surface area contributed by atoms with Crippen LogP contribution in [-0.2, 0) is 0 Å². The molecule has 1 aromatic rings. The van der Waals surface area contributed by atoms with Gasteiger partial charge in [-0.25, -0.2) is 9.67 Å². The molecule has 0 aliphatic heterocycles. The summed E-state index contributed by atoms with van der Waals surface area (Å²) in [4.78, 5) is 4.43. The van der Waals surface area contributed by atoms with E-state index in [9.17, 15) is 0 Å². The third-order valence-electron chi connectivity index (χ3n) is 4.08. The molecule has 1 fully saturated rings. The summed E-state index contributed by atoms with van der Waals surface area (Å²) in [6.45, 7) is 8.71. The number of aromatic nitrogens is 3. The van der Waals surface area contributed by atoms with Crippen molar-refractivity contribution in [2.24, 2.45) is 5.41 Å². The van der Waals surface area contributed by atoms with E-state index >= 15 is 0 Å². The molecule has 1 aromatic heterocycles. The quantitative estimate of drug-likeness (QED) is 0.856. The highest BCUT2D eigenvalue weighted by molar-refractivity contribution is 4.99. The molecule has 2 rings (SSSR count). The van der Waals surface area contributed by atoms with Crippen molar-refractivity contribution in [1.82, 2.24) is 20.1 Å². The van der Waals surface area contributed by atoms with Crippen LogP contribution in [-0.4, -0.2) is 27.9 Å². The molecule has 0 spiro atoms. The molecule has 2 atom stereocenters. The Morgan fingerprint density at radius 2 is 2.06 bits per heavy atom. The van der Waals surface area contributed by atoms with E-state index in [2.05, 4.69) is 41.0 Å². The highest BCUT2D eigenvalue weighted by Crippen LogP contribution is 2.41. The Morgan fingerprint density at radius 3 is 2.59 bits per heavy atom. The predicted octanol–water partition coefficient (Wildman–Crippen LogP) is 2.23. The topological polar surface area (TPSA) is 42.7 Å². The Labute approximate surface area is 104 Å². The van der Waals surface area contributed by atoms with Gasteiger partial charge < -0.3 is 5.32 Å². The van der Waals surface area contributed by atoms with Crippen molar-refractivity contribution in [1.29, 1.82) is 0 Å². The average Bonchev–Trinajstić information content (AvgIpc) is 2.56. The fraction of sp³-hybridized carbons (Fsp3) is 0.846. The molecule has 0 bridgehead atoms. The molecule has 1 N–H and O–H groups in total. The van der Waals surface area contributed by atoms with Gasteiger partial charge in [-0.1, -0.05) is 20.3 Å². The van der Waals surface area contributed by atoms with Gasteiger partial charge in [0.05, 0.1) is 6.04 Å². The summed E-state index contributed by atoms with van der Waals surface area (Å²) in [5.41, 5.74) is 0.323. The maximum absolute atomic E-state index is 4.56. The Kier molecular flexibility index (Phi) is 3.25. The van der Waals surface area contributed by atoms with Crippen molar-refractivity contribution >= 4 is 0 Å². The van der Waals surface area contributed by atoms with Crippen LogP contribution in [0.5, 0.6) is 0 Å². The Morgan fingerprint density at radius 1 is 1.35 bits per heavy atom. The number of aryl methyl sites for hydroxylation is 2. The minimum atomic E-state index is 0.323. The van der Waals surface area contributed by atoms with Crippen LogP contribution in [0, 0.1) is 19.3 Å². The first-order valence-electron chi connectivity index (χ1n) is 6.53. The molecule has 4 heteroatoms. The zero-order chi connectivity index (χ0) is 12.6. The third kappa shape index (κ3) is 2.23. The smallest absolute Gasteiger partial charge is 0.147 e. The van der Waals surface area contributed by atoms with E-state index in [-0.39, 0.29) is 0 Å². The molecule has 1 saturated carbocycles. The van der Waals surface area contributed by atoms with Crippen LogP contribution in [0.4, 0.5) is 0 Å². The van der Waals surface area contributed by atoms with Crippen molar-refractivity contribution in [3.63, 3.8) is 0 Å². The lowest BCUT2D eigenvalue weighted by Crippen LogP contribution is -2.49. The second-order valence-electron chi connectivity index (χ2n) is 5.87. The van der Waals surface area contributed by atoms with E-state index in [1.54, 1.807) is 0 Å². The van der Waals surface area contributed by atoms with Crippen molar-refractivity contribution in [2.45, 2.75) is 59.0 Å². The van der Waals surface area contributed by atoms with Gasteiger partial charge in [0.25, 0.3) is 0 Å². The Hall–Kier alpha value is -0.900. The predicted molar refractivity (Wildman–Crippen MR) is 69.0 cm³/mol. The minimum absolute atomic E-state index is 0.323. The van der Waals surface area contributed by atoms with E-state index in [0.29, 0.717) is 17.5 Å². The fourth-order valence-corrected chi connectivity index (χ4v) is 3.31. The van der Waals surface area contributed by atoms with Gasteiger partial charge in [0.15, 0.2) is 0 Å². The standard InChI is InChI=1S/C13H24N4/c1-9-15-10(2)17(16-9)11-7-6-8-13(3,4)12(11)14-5/h11-12,14H,6-8H2,1-5H3. The summed E-state index contributed by atoms with van der Waals surface area (Å²) in [6.07, 6.45) is 3.74. The van der Waals surface area contributed by atoms with Gasteiger partial charge in [-0.3, -0.25) is 0 Å². The van der Waals surface area contributed by atoms with Gasteiger partial charge in [-0.05, 0) is 39.2 Å². The summed E-state index contributed by atoms with van der Waals surface area (Å²) in [5.74, 6) is 1.91. The molecule has 1 aliphatic rings. The van der Waals surface area contributed by atoms with Crippen LogP contribution in [0.2, 0.25) is 0 Å². The van der Waals surface area contributed by atoms with Crippen molar-refractivity contribution in [3.8, 4) is 0 Å². The number of hydrogen-bond donors (Lipinski definition) is 1. The van der Waals surface area contributed by atoms with E-state index in [1.165, 1.54) is 19.3 Å². The van der Waals surface area contributed by atoms with Crippen LogP contribution in [0.3, 0.4) is 0 Å². The van der Waals surface area contributed by atoms with Crippen LogP contribution in [0.15, 0.2) is 0 Å². The highest BCUT2D eigenvalue weighted by atomic mass is 15.4. The molecular formula is C13H24N4. The molecule has 0 aromatic carbocycles. The normalized spacial score (nSPS) is 28.3. The summed E-state index contributed by atoms with van der Waals surface area (Å²) in [5, 5.41) is 8.05. The zero-order valence-corrected chi connectivity index (χ0v) is 11.6. The largest absolute Gasteiger partial charge is 0.314 e. The fourth-order valence-electron chi connectivity index (χ4n) is 3.31. The number of nitrogens with zero attached hydrogens (tertiary/aromatic N) is 3. The molecule has 1 heterocycles. The molecule has 17 heavy (non-hydrogen) atoms. The molecule has 96 valence electrons. The monoisotopic (exact) mass is 236 g/mol. The van der Waals surface area contributed by atoms with Crippen LogP contribution in [0.25, 0.3) is 0 Å². The first-order chi connectivity index (χ1) is 7.95. The zero-order valence-electron chi connectivity index (χ0n) is 11.6. The van der Waals surface area contributed by atoms with Crippen LogP contribution < -0.4 is 5.32 Å². The van der Waals surface area contributed by atoms with Gasteiger partial charge in [-0.2, -0.15) is 5.10 Å². The molecule has 0 amide bonds. The lowest BCUT2D eigenvalue weighted by atomic mass is 9.71. The van der Waals surface area contributed by atoms with E-state index < -0.39 is 0 Å². The molecule has 2 unspecified atom stereocenters. The lowest BCUT2D eigenvalue weighted by Gasteiger charge is -2.44. The lowest BCUT2D eigenvalue weighted by molar-refractivity contribution is 0.110. The van der Waals surface area contributed by atoms with Crippen molar-refractivity contribution in [2.75, 3.05) is 7.05 Å². The molecule has 0 radical (unpaired) electrons. The summed E-state index contributed by atoms with van der Waals surface area (Å²) >= 11 is 0. The van der Waals surface area contributed by atoms with Crippen LogP contribution >= 0.6 is 0 Å².